The van der Waals surface area contributed by atoms with Crippen molar-refractivity contribution in [2.75, 3.05) is 6.61 Å². The summed E-state index contributed by atoms with van der Waals surface area (Å²) in [5.41, 5.74) is 0.268. The van der Waals surface area contributed by atoms with Crippen molar-refractivity contribution in [1.29, 1.82) is 0 Å². The van der Waals surface area contributed by atoms with Crippen LogP contribution in [0.15, 0.2) is 24.3 Å². The van der Waals surface area contributed by atoms with Gasteiger partial charge in [0.15, 0.2) is 0 Å². The van der Waals surface area contributed by atoms with E-state index in [1.54, 1.807) is 0 Å². The van der Waals surface area contributed by atoms with Crippen LogP contribution in [0.3, 0.4) is 0 Å². The van der Waals surface area contributed by atoms with Gasteiger partial charge in [0.25, 0.3) is 5.24 Å². The Kier molecular flexibility index (Phi) is 4.18. The maximum Gasteiger partial charge on any atom is 0.392 e. The van der Waals surface area contributed by atoms with E-state index in [-0.39, 0.29) is 11.3 Å². The number of benzene rings is 1. The molecule has 16 heavy (non-hydrogen) atoms. The molecule has 0 fully saturated rings. The van der Waals surface area contributed by atoms with Gasteiger partial charge in [-0.3, -0.25) is 4.79 Å². The van der Waals surface area contributed by atoms with Crippen LogP contribution in [0.1, 0.15) is 16.8 Å². The van der Waals surface area contributed by atoms with Crippen LogP contribution in [-0.4, -0.2) is 18.0 Å². The van der Waals surface area contributed by atoms with Gasteiger partial charge in [-0.2, -0.15) is 13.2 Å². The monoisotopic (exact) mass is 252 g/mol. The van der Waals surface area contributed by atoms with E-state index in [2.05, 4.69) is 0 Å². The molecule has 0 saturated carbocycles. The minimum absolute atomic E-state index is 0.268. The van der Waals surface area contributed by atoms with Crippen molar-refractivity contribution in [3.05, 3.63) is 29.8 Å². The van der Waals surface area contributed by atoms with Gasteiger partial charge in [-0.1, -0.05) is 0 Å². The lowest BCUT2D eigenvalue weighted by atomic mass is 10.2. The largest absolute Gasteiger partial charge is 0.493 e. The zero-order chi connectivity index (χ0) is 12.2. The van der Waals surface area contributed by atoms with Crippen molar-refractivity contribution in [2.45, 2.75) is 12.6 Å². The molecule has 0 amide bonds. The van der Waals surface area contributed by atoms with Gasteiger partial charge in [-0.25, -0.2) is 0 Å². The highest BCUT2D eigenvalue weighted by Crippen LogP contribution is 2.20. The van der Waals surface area contributed by atoms with E-state index < -0.39 is 24.4 Å². The van der Waals surface area contributed by atoms with E-state index in [9.17, 15) is 18.0 Å². The average molecular weight is 253 g/mol. The van der Waals surface area contributed by atoms with Crippen molar-refractivity contribution >= 4 is 16.8 Å². The van der Waals surface area contributed by atoms with Crippen molar-refractivity contribution in [3.63, 3.8) is 0 Å². The minimum Gasteiger partial charge on any atom is -0.493 e. The molecule has 0 atom stereocenters. The van der Waals surface area contributed by atoms with E-state index in [4.69, 9.17) is 16.3 Å². The van der Waals surface area contributed by atoms with E-state index in [1.807, 2.05) is 0 Å². The van der Waals surface area contributed by atoms with Gasteiger partial charge >= 0.3 is 6.18 Å². The fourth-order valence-corrected chi connectivity index (χ4v) is 1.09. The number of alkyl halides is 3. The topological polar surface area (TPSA) is 26.3 Å². The molecule has 2 nitrogen and oxygen atoms in total. The molecular formula is C10H8ClF3O2. The molecule has 6 heteroatoms. The zero-order valence-corrected chi connectivity index (χ0v) is 8.81. The van der Waals surface area contributed by atoms with Crippen molar-refractivity contribution < 1.29 is 22.7 Å². The smallest absolute Gasteiger partial charge is 0.392 e. The van der Waals surface area contributed by atoms with Crippen molar-refractivity contribution in [3.8, 4) is 5.75 Å². The molecule has 0 spiro atoms. The van der Waals surface area contributed by atoms with Crippen LogP contribution in [0.5, 0.6) is 5.75 Å². The Labute approximate surface area is 95.0 Å². The van der Waals surface area contributed by atoms with Gasteiger partial charge < -0.3 is 4.74 Å². The number of hydrogen-bond acceptors (Lipinski definition) is 2. The fourth-order valence-electron chi connectivity index (χ4n) is 0.967. The predicted octanol–water partition coefficient (Wildman–Crippen LogP) is 3.40. The molecule has 88 valence electrons. The van der Waals surface area contributed by atoms with Crippen LogP contribution < -0.4 is 4.74 Å². The van der Waals surface area contributed by atoms with Crippen molar-refractivity contribution in [1.82, 2.24) is 0 Å². The van der Waals surface area contributed by atoms with E-state index >= 15 is 0 Å². The molecule has 0 N–H and O–H groups in total. The van der Waals surface area contributed by atoms with Gasteiger partial charge in [0.2, 0.25) is 0 Å². The molecule has 0 aromatic heterocycles. The van der Waals surface area contributed by atoms with Gasteiger partial charge in [0, 0.05) is 5.56 Å². The molecule has 1 rings (SSSR count). The summed E-state index contributed by atoms with van der Waals surface area (Å²) in [6.07, 6.45) is -5.24. The SMILES string of the molecule is O=C(Cl)c1ccc(OCCC(F)(F)F)cc1. The molecule has 1 aromatic carbocycles. The van der Waals surface area contributed by atoms with Crippen LogP contribution in [0, 0.1) is 0 Å². The molecule has 0 radical (unpaired) electrons. The second-order valence-electron chi connectivity index (χ2n) is 3.01. The average Bonchev–Trinajstić information content (AvgIpc) is 2.16. The van der Waals surface area contributed by atoms with Gasteiger partial charge in [-0.15, -0.1) is 0 Å². The fraction of sp³-hybridized carbons (Fsp3) is 0.300. The number of hydrogen-bond donors (Lipinski definition) is 0. The summed E-state index contributed by atoms with van der Waals surface area (Å²) in [5.74, 6) is 0.269. The van der Waals surface area contributed by atoms with E-state index in [0.717, 1.165) is 0 Å². The lowest BCUT2D eigenvalue weighted by Gasteiger charge is -2.08. The Morgan fingerprint density at radius 2 is 1.81 bits per heavy atom. The molecule has 0 heterocycles. The molecular weight excluding hydrogens is 245 g/mol. The molecule has 0 aliphatic heterocycles. The highest BCUT2D eigenvalue weighted by Gasteiger charge is 2.26. The maximum absolute atomic E-state index is 11.8. The first-order chi connectivity index (χ1) is 7.38. The predicted molar refractivity (Wildman–Crippen MR) is 52.8 cm³/mol. The Bertz CT molecular complexity index is 359. The standard InChI is InChI=1S/C10H8ClF3O2/c11-9(15)7-1-3-8(4-2-7)16-6-5-10(12,13)14/h1-4H,5-6H2. The van der Waals surface area contributed by atoms with Crippen LogP contribution >= 0.6 is 11.6 Å². The van der Waals surface area contributed by atoms with Gasteiger partial charge in [-0.05, 0) is 35.9 Å². The number of carbonyl (C=O) groups is 1. The number of rotatable bonds is 4. The summed E-state index contributed by atoms with van der Waals surface area (Å²) >= 11 is 5.19. The Morgan fingerprint density at radius 3 is 2.25 bits per heavy atom. The van der Waals surface area contributed by atoms with E-state index in [0.29, 0.717) is 0 Å². The first kappa shape index (κ1) is 12.8. The summed E-state index contributed by atoms with van der Waals surface area (Å²) < 4.78 is 40.2. The van der Waals surface area contributed by atoms with Gasteiger partial charge in [0.05, 0.1) is 13.0 Å². The van der Waals surface area contributed by atoms with Crippen LogP contribution in [0.25, 0.3) is 0 Å². The summed E-state index contributed by atoms with van der Waals surface area (Å²) in [7, 11) is 0. The summed E-state index contributed by atoms with van der Waals surface area (Å²) in [6.45, 7) is -0.447. The van der Waals surface area contributed by atoms with Gasteiger partial charge in [0.1, 0.15) is 5.75 Å². The highest BCUT2D eigenvalue weighted by molar-refractivity contribution is 6.67. The summed E-state index contributed by atoms with van der Waals surface area (Å²) in [5, 5.41) is -0.623. The molecule has 0 unspecified atom stereocenters. The first-order valence-electron chi connectivity index (χ1n) is 4.38. The Hall–Kier alpha value is -1.23. The molecule has 0 aliphatic rings. The molecule has 0 aliphatic carbocycles. The normalized spacial score (nSPS) is 11.2. The number of ether oxygens (including phenoxy) is 1. The third-order valence-electron chi connectivity index (χ3n) is 1.74. The number of carbonyl (C=O) groups excluding carboxylic acids is 1. The van der Waals surface area contributed by atoms with Crippen LogP contribution in [0.2, 0.25) is 0 Å². The first-order valence-corrected chi connectivity index (χ1v) is 4.76. The van der Waals surface area contributed by atoms with E-state index in [1.165, 1.54) is 24.3 Å². The molecule has 0 saturated heterocycles. The zero-order valence-electron chi connectivity index (χ0n) is 8.05. The molecule has 0 bridgehead atoms. The highest BCUT2D eigenvalue weighted by atomic mass is 35.5. The minimum atomic E-state index is -4.23. The summed E-state index contributed by atoms with van der Waals surface area (Å²) in [6, 6.07) is 5.56. The van der Waals surface area contributed by atoms with Crippen LogP contribution in [0.4, 0.5) is 13.2 Å². The van der Waals surface area contributed by atoms with Crippen LogP contribution in [-0.2, 0) is 0 Å². The maximum atomic E-state index is 11.8. The summed E-state index contributed by atoms with van der Waals surface area (Å²) in [4.78, 5) is 10.7. The Balaban J connectivity index is 2.47. The lowest BCUT2D eigenvalue weighted by Crippen LogP contribution is -2.13. The second kappa shape index (κ2) is 5.21. The van der Waals surface area contributed by atoms with Crippen molar-refractivity contribution in [2.24, 2.45) is 0 Å². The Morgan fingerprint density at radius 1 is 1.25 bits per heavy atom. The third-order valence-corrected chi connectivity index (χ3v) is 1.95. The number of halogens is 4. The quantitative estimate of drug-likeness (QED) is 0.768. The second-order valence-corrected chi connectivity index (χ2v) is 3.36. The lowest BCUT2D eigenvalue weighted by molar-refractivity contribution is -0.139. The molecule has 1 aromatic rings. The third kappa shape index (κ3) is 4.53.